The minimum Gasteiger partial charge on any atom is -0.461 e. The van der Waals surface area contributed by atoms with Crippen LogP contribution < -0.4 is 5.32 Å². The van der Waals surface area contributed by atoms with Crippen LogP contribution in [-0.4, -0.2) is 49.3 Å². The average molecular weight is 648 g/mol. The van der Waals surface area contributed by atoms with Crippen LogP contribution in [-0.2, 0) is 33.5 Å². The van der Waals surface area contributed by atoms with Crippen LogP contribution in [0.4, 0.5) is 5.13 Å². The van der Waals surface area contributed by atoms with Gasteiger partial charge in [-0.1, -0.05) is 102 Å². The standard InChI is InChI=1S/C34H38N3O6PS/c1-4-40-32(38)31(37-41-24-16-17-25-44(39,42-5-2)43-6-3)30-26-45-33(35-30)36-34(27-18-10-7-11-19-27,28-20-12-8-13-21-28)29-22-14-9-15-23-29/h7-23,26H,4-6,24-25H2,1-3H3,(H,35,36). The fourth-order valence-corrected chi connectivity index (χ4v) is 6.95. The maximum Gasteiger partial charge on any atom is 0.362 e. The summed E-state index contributed by atoms with van der Waals surface area (Å²) in [6, 6.07) is 30.5. The minimum atomic E-state index is -3.21. The van der Waals surface area contributed by atoms with Crippen LogP contribution in [0.5, 0.6) is 0 Å². The van der Waals surface area contributed by atoms with Crippen molar-refractivity contribution in [3.63, 3.8) is 0 Å². The molecule has 1 aromatic heterocycles. The zero-order chi connectivity index (χ0) is 32.0. The van der Waals surface area contributed by atoms with E-state index in [2.05, 4.69) is 46.9 Å². The molecule has 0 spiro atoms. The van der Waals surface area contributed by atoms with Crippen LogP contribution in [0.1, 0.15) is 43.2 Å². The van der Waals surface area contributed by atoms with Crippen molar-refractivity contribution in [2.45, 2.75) is 26.3 Å². The van der Waals surface area contributed by atoms with Gasteiger partial charge in [0.05, 0.1) is 26.0 Å². The second-order valence-electron chi connectivity index (χ2n) is 9.57. The number of carbonyl (C=O) groups is 1. The summed E-state index contributed by atoms with van der Waals surface area (Å²) in [4.78, 5) is 23.1. The number of anilines is 1. The number of hydrogen-bond donors (Lipinski definition) is 1. The van der Waals surface area contributed by atoms with Gasteiger partial charge in [0.1, 0.15) is 17.8 Å². The number of aromatic nitrogens is 1. The first kappa shape index (κ1) is 33.8. The molecular formula is C34H38N3O6PS. The number of allylic oxidation sites excluding steroid dienone is 1. The molecule has 0 fully saturated rings. The molecule has 3 aromatic carbocycles. The number of nitrogens with zero attached hydrogens (tertiary/aromatic N) is 2. The molecular weight excluding hydrogens is 609 g/mol. The molecule has 4 rings (SSSR count). The lowest BCUT2D eigenvalue weighted by Crippen LogP contribution is -2.38. The predicted molar refractivity (Wildman–Crippen MR) is 179 cm³/mol. The van der Waals surface area contributed by atoms with E-state index in [1.165, 1.54) is 11.3 Å². The van der Waals surface area contributed by atoms with Crippen LogP contribution in [0, 0.1) is 0 Å². The van der Waals surface area contributed by atoms with Gasteiger partial charge in [-0.2, -0.15) is 0 Å². The largest absolute Gasteiger partial charge is 0.461 e. The van der Waals surface area contributed by atoms with Gasteiger partial charge in [0, 0.05) is 5.38 Å². The number of nitrogens with one attached hydrogen (secondary N) is 1. The third-order valence-electron chi connectivity index (χ3n) is 6.60. The fraction of sp³-hybridized carbons (Fsp3) is 0.265. The molecule has 4 aromatic rings. The highest BCUT2D eigenvalue weighted by Gasteiger charge is 2.37. The number of rotatable bonds is 17. The Balaban J connectivity index is 1.63. The molecule has 0 aliphatic carbocycles. The second-order valence-corrected chi connectivity index (χ2v) is 12.5. The van der Waals surface area contributed by atoms with Gasteiger partial charge in [-0.15, -0.1) is 11.3 Å². The van der Waals surface area contributed by atoms with Gasteiger partial charge in [-0.25, -0.2) is 9.78 Å². The van der Waals surface area contributed by atoms with E-state index in [9.17, 15) is 9.36 Å². The van der Waals surface area contributed by atoms with E-state index < -0.39 is 19.1 Å². The third-order valence-corrected chi connectivity index (χ3v) is 9.32. The van der Waals surface area contributed by atoms with E-state index in [4.69, 9.17) is 23.6 Å². The molecule has 0 saturated heterocycles. The first-order valence-corrected chi connectivity index (χ1v) is 17.4. The predicted octanol–water partition coefficient (Wildman–Crippen LogP) is 7.65. The van der Waals surface area contributed by atoms with Gasteiger partial charge >= 0.3 is 13.6 Å². The van der Waals surface area contributed by atoms with Crippen LogP contribution >= 0.6 is 18.9 Å². The Kier molecular flexibility index (Phi) is 12.7. The lowest BCUT2D eigenvalue weighted by Gasteiger charge is -2.36. The number of esters is 1. The Morgan fingerprint density at radius 2 is 1.38 bits per heavy atom. The quantitative estimate of drug-likeness (QED) is 0.0237. The lowest BCUT2D eigenvalue weighted by atomic mass is 9.77. The molecule has 236 valence electrons. The summed E-state index contributed by atoms with van der Waals surface area (Å²) < 4.78 is 28.5. The van der Waals surface area contributed by atoms with Crippen molar-refractivity contribution in [1.29, 1.82) is 0 Å². The SMILES string of the molecule is CCOC(=O)C(=NOCC=CCP(=O)(OCC)OCC)c1csc(NC(c2ccccc2)(c2ccccc2)c2ccccc2)n1. The van der Waals surface area contributed by atoms with Crippen molar-refractivity contribution >= 4 is 35.7 Å². The number of carbonyl (C=O) groups excluding carboxylic acids is 1. The minimum absolute atomic E-state index is 0.0233. The maximum absolute atomic E-state index is 12.9. The molecule has 1 heterocycles. The summed E-state index contributed by atoms with van der Waals surface area (Å²) in [5.74, 6) is -0.657. The van der Waals surface area contributed by atoms with E-state index >= 15 is 0 Å². The summed E-state index contributed by atoms with van der Waals surface area (Å²) in [5.41, 5.74) is 2.52. The zero-order valence-corrected chi connectivity index (χ0v) is 27.3. The van der Waals surface area contributed by atoms with Gasteiger partial charge in [0.15, 0.2) is 5.13 Å². The Bertz CT molecular complexity index is 1490. The first-order valence-electron chi connectivity index (χ1n) is 14.8. The molecule has 1 N–H and O–H groups in total. The molecule has 0 radical (unpaired) electrons. The van der Waals surface area contributed by atoms with E-state index in [-0.39, 0.29) is 38.3 Å². The summed E-state index contributed by atoms with van der Waals surface area (Å²) in [6.07, 6.45) is 3.38. The summed E-state index contributed by atoms with van der Waals surface area (Å²) in [5, 5.41) is 10.1. The average Bonchev–Trinajstić information content (AvgIpc) is 3.52. The number of oxime groups is 1. The monoisotopic (exact) mass is 647 g/mol. The number of benzene rings is 3. The highest BCUT2D eigenvalue weighted by molar-refractivity contribution is 7.54. The van der Waals surface area contributed by atoms with E-state index in [0.717, 1.165) is 16.7 Å². The molecule has 0 amide bonds. The highest BCUT2D eigenvalue weighted by Crippen LogP contribution is 2.47. The molecule has 0 aliphatic heterocycles. The number of thiazole rings is 1. The van der Waals surface area contributed by atoms with E-state index in [0.29, 0.717) is 10.8 Å². The molecule has 0 saturated carbocycles. The summed E-state index contributed by atoms with van der Waals surface area (Å²) in [6.45, 7) is 5.98. The Hall–Kier alpha value is -4.08. The molecule has 0 atom stereocenters. The van der Waals surface area contributed by atoms with E-state index in [1.54, 1.807) is 38.3 Å². The summed E-state index contributed by atoms with van der Waals surface area (Å²) in [7, 11) is -3.21. The second kappa shape index (κ2) is 16.8. The van der Waals surface area contributed by atoms with Crippen LogP contribution in [0.2, 0.25) is 0 Å². The smallest absolute Gasteiger partial charge is 0.362 e. The van der Waals surface area contributed by atoms with Crippen LogP contribution in [0.25, 0.3) is 0 Å². The third kappa shape index (κ3) is 8.77. The molecule has 0 bridgehead atoms. The van der Waals surface area contributed by atoms with Crippen molar-refractivity contribution in [2.24, 2.45) is 5.16 Å². The zero-order valence-electron chi connectivity index (χ0n) is 25.6. The topological polar surface area (TPSA) is 108 Å². The van der Waals surface area contributed by atoms with Crippen molar-refractivity contribution in [3.05, 3.63) is 131 Å². The highest BCUT2D eigenvalue weighted by atomic mass is 32.1. The van der Waals surface area contributed by atoms with Crippen molar-refractivity contribution in [3.8, 4) is 0 Å². The van der Waals surface area contributed by atoms with Crippen molar-refractivity contribution in [2.75, 3.05) is 37.9 Å². The van der Waals surface area contributed by atoms with Gasteiger partial charge in [0.2, 0.25) is 5.71 Å². The maximum atomic E-state index is 12.9. The first-order chi connectivity index (χ1) is 22.0. The Labute approximate surface area is 268 Å². The lowest BCUT2D eigenvalue weighted by molar-refractivity contribution is -0.135. The molecule has 11 heteroatoms. The Morgan fingerprint density at radius 1 is 0.844 bits per heavy atom. The number of ether oxygens (including phenoxy) is 1. The van der Waals surface area contributed by atoms with Gasteiger partial charge in [0.25, 0.3) is 0 Å². The van der Waals surface area contributed by atoms with Gasteiger partial charge in [-0.3, -0.25) is 4.57 Å². The van der Waals surface area contributed by atoms with Crippen molar-refractivity contribution in [1.82, 2.24) is 4.98 Å². The molecule has 0 unspecified atom stereocenters. The van der Waals surface area contributed by atoms with E-state index in [1.807, 2.05) is 54.6 Å². The van der Waals surface area contributed by atoms with Crippen LogP contribution in [0.15, 0.2) is 114 Å². The molecule has 9 nitrogen and oxygen atoms in total. The number of hydrogen-bond acceptors (Lipinski definition) is 10. The fourth-order valence-electron chi connectivity index (χ4n) is 4.72. The molecule has 45 heavy (non-hydrogen) atoms. The van der Waals surface area contributed by atoms with Crippen LogP contribution in [0.3, 0.4) is 0 Å². The summed E-state index contributed by atoms with van der Waals surface area (Å²) >= 11 is 1.34. The molecule has 0 aliphatic rings. The van der Waals surface area contributed by atoms with Crippen molar-refractivity contribution < 1.29 is 28.0 Å². The van der Waals surface area contributed by atoms with Gasteiger partial charge < -0.3 is 23.9 Å². The Morgan fingerprint density at radius 3 is 1.87 bits per heavy atom. The van der Waals surface area contributed by atoms with Gasteiger partial charge in [-0.05, 0) is 43.5 Å². The normalized spacial score (nSPS) is 12.3.